The molecule has 0 radical (unpaired) electrons. The molecule has 1 aliphatic rings. The minimum absolute atomic E-state index is 0.0245. The van der Waals surface area contributed by atoms with Gasteiger partial charge in [-0.25, -0.2) is 12.8 Å². The van der Waals surface area contributed by atoms with E-state index in [4.69, 9.17) is 0 Å². The number of rotatable bonds is 7. The molecule has 1 N–H and O–H groups in total. The van der Waals surface area contributed by atoms with Crippen LogP contribution in [0.15, 0.2) is 75.1 Å². The Labute approximate surface area is 219 Å². The Morgan fingerprint density at radius 1 is 1.11 bits per heavy atom. The molecule has 3 atom stereocenters. The number of anilines is 1. The summed E-state index contributed by atoms with van der Waals surface area (Å²) in [5.41, 5.74) is -2.91. The van der Waals surface area contributed by atoms with Crippen LogP contribution in [0.3, 0.4) is 0 Å². The van der Waals surface area contributed by atoms with Crippen molar-refractivity contribution < 1.29 is 35.6 Å². The number of nitrogens with zero attached hydrogens (tertiary/aromatic N) is 2. The van der Waals surface area contributed by atoms with Gasteiger partial charge in [-0.15, -0.1) is 11.3 Å². The molecule has 0 aliphatic carbocycles. The van der Waals surface area contributed by atoms with Crippen LogP contribution >= 0.6 is 11.3 Å². The average Bonchev–Trinajstić information content (AvgIpc) is 3.39. The van der Waals surface area contributed by atoms with E-state index >= 15 is 0 Å². The Balaban J connectivity index is 1.63. The van der Waals surface area contributed by atoms with Crippen molar-refractivity contribution in [2.45, 2.75) is 33.8 Å². The van der Waals surface area contributed by atoms with Gasteiger partial charge in [0.25, 0.3) is 10.0 Å². The number of benzene rings is 2. The molecule has 1 unspecified atom stereocenters. The zero-order valence-electron chi connectivity index (χ0n) is 19.6. The first-order valence-electron chi connectivity index (χ1n) is 11.1. The first-order valence-corrected chi connectivity index (χ1v) is 14.8. The highest BCUT2D eigenvalue weighted by atomic mass is 32.2. The average molecular weight is 577 g/mol. The van der Waals surface area contributed by atoms with Gasteiger partial charge in [-0.2, -0.15) is 17.5 Å². The Morgan fingerprint density at radius 3 is 2.41 bits per heavy atom. The minimum Gasteiger partial charge on any atom is -0.611 e. The van der Waals surface area contributed by atoms with Crippen molar-refractivity contribution in [1.29, 1.82) is 0 Å². The maximum atomic E-state index is 13.7. The lowest BCUT2D eigenvalue weighted by molar-refractivity contribution is -0.258. The van der Waals surface area contributed by atoms with Crippen LogP contribution in [0.5, 0.6) is 0 Å². The topological polar surface area (TPSA) is 83.9 Å². The second kappa shape index (κ2) is 10.5. The summed E-state index contributed by atoms with van der Waals surface area (Å²) in [6.45, 7) is 0.931. The molecule has 1 aliphatic heterocycles. The Hall–Kier alpha value is -2.16. The second-order valence-corrected chi connectivity index (χ2v) is 13.3. The number of hydrogen-bond donors (Lipinski definition) is 1. The maximum absolute atomic E-state index is 13.7. The number of aliphatic hydroxyl groups is 1. The van der Waals surface area contributed by atoms with Crippen molar-refractivity contribution in [2.24, 2.45) is 0 Å². The van der Waals surface area contributed by atoms with E-state index in [0.29, 0.717) is 12.6 Å². The molecule has 1 fully saturated rings. The molecule has 2 aromatic carbocycles. The van der Waals surface area contributed by atoms with Crippen LogP contribution < -0.4 is 4.90 Å². The fourth-order valence-electron chi connectivity index (χ4n) is 4.09. The van der Waals surface area contributed by atoms with E-state index in [0.717, 1.165) is 29.5 Å². The van der Waals surface area contributed by atoms with Gasteiger partial charge < -0.3 is 14.6 Å². The first-order chi connectivity index (χ1) is 17.3. The largest absolute Gasteiger partial charge is 0.611 e. The summed E-state index contributed by atoms with van der Waals surface area (Å²) < 4.78 is 94.4. The number of halogens is 4. The fourth-order valence-corrected chi connectivity index (χ4v) is 8.00. The zero-order chi connectivity index (χ0) is 27.0. The van der Waals surface area contributed by atoms with Crippen molar-refractivity contribution in [2.75, 3.05) is 30.3 Å². The first kappa shape index (κ1) is 27.9. The predicted octanol–water partition coefficient (Wildman–Crippen LogP) is 4.34. The lowest BCUT2D eigenvalue weighted by Crippen LogP contribution is -2.57. The Kier molecular flexibility index (Phi) is 7.94. The number of alkyl halides is 3. The standard InChI is InChI=1S/C24H24F4N2O4S3/c1-23(31,24(26,27)28)17-7-9-19(10-8-17)30-12-11-29(37(33,34)22-6-3-13-35-22)15-20(30)16-36(32)21-5-2-4-18(25)14-21/h2-10,13-14,20,31H,11-12,15-16H2,1H3/t20-,23?,36+/m1/s1. The van der Waals surface area contributed by atoms with Gasteiger partial charge >= 0.3 is 6.18 Å². The van der Waals surface area contributed by atoms with Crippen LogP contribution in [0.2, 0.25) is 0 Å². The number of piperazine rings is 1. The van der Waals surface area contributed by atoms with E-state index in [2.05, 4.69) is 0 Å². The van der Waals surface area contributed by atoms with E-state index in [1.807, 2.05) is 0 Å². The molecule has 6 nitrogen and oxygen atoms in total. The van der Waals surface area contributed by atoms with Crippen LogP contribution in [0.1, 0.15) is 12.5 Å². The molecule has 2 heterocycles. The summed E-state index contributed by atoms with van der Waals surface area (Å²) in [7, 11) is -3.80. The number of hydrogen-bond acceptors (Lipinski definition) is 6. The maximum Gasteiger partial charge on any atom is 0.421 e. The second-order valence-electron chi connectivity index (χ2n) is 8.73. The quantitative estimate of drug-likeness (QED) is 0.334. The smallest absolute Gasteiger partial charge is 0.421 e. The highest BCUT2D eigenvalue weighted by Gasteiger charge is 2.51. The third-order valence-corrected chi connectivity index (χ3v) is 11.0. The fraction of sp³-hybridized carbons (Fsp3) is 0.333. The summed E-state index contributed by atoms with van der Waals surface area (Å²) in [6, 6.07) is 13.0. The van der Waals surface area contributed by atoms with Gasteiger partial charge in [0, 0.05) is 31.4 Å². The Bertz CT molecular complexity index is 1320. The van der Waals surface area contributed by atoms with Crippen LogP contribution in [-0.2, 0) is 26.8 Å². The lowest BCUT2D eigenvalue weighted by Gasteiger charge is -2.41. The summed E-state index contributed by atoms with van der Waals surface area (Å²) in [5, 5.41) is 11.6. The van der Waals surface area contributed by atoms with E-state index in [9.17, 15) is 35.6 Å². The summed E-state index contributed by atoms with van der Waals surface area (Å²) >= 11 is -0.604. The molecular weight excluding hydrogens is 552 g/mol. The van der Waals surface area contributed by atoms with Crippen molar-refractivity contribution >= 4 is 38.2 Å². The molecule has 37 heavy (non-hydrogen) atoms. The van der Waals surface area contributed by atoms with Gasteiger partial charge in [0.05, 0.1) is 6.04 Å². The van der Waals surface area contributed by atoms with Crippen LogP contribution in [-0.4, -0.2) is 60.0 Å². The molecule has 0 saturated carbocycles. The van der Waals surface area contributed by atoms with E-state index in [-0.39, 0.29) is 40.1 Å². The van der Waals surface area contributed by atoms with Crippen molar-refractivity contribution in [1.82, 2.24) is 4.31 Å². The zero-order valence-corrected chi connectivity index (χ0v) is 22.0. The summed E-state index contributed by atoms with van der Waals surface area (Å²) in [4.78, 5) is 2.03. The number of sulfonamides is 1. The van der Waals surface area contributed by atoms with Gasteiger partial charge in [-0.3, -0.25) is 0 Å². The van der Waals surface area contributed by atoms with Gasteiger partial charge in [0.2, 0.25) is 0 Å². The van der Waals surface area contributed by atoms with Crippen molar-refractivity contribution in [3.63, 3.8) is 0 Å². The van der Waals surface area contributed by atoms with E-state index in [1.54, 1.807) is 16.3 Å². The summed E-state index contributed by atoms with van der Waals surface area (Å²) in [6.07, 6.45) is -4.87. The molecule has 1 aromatic heterocycles. The highest BCUT2D eigenvalue weighted by molar-refractivity contribution is 7.91. The molecule has 3 aromatic rings. The third kappa shape index (κ3) is 5.81. The molecule has 1 saturated heterocycles. The van der Waals surface area contributed by atoms with Crippen LogP contribution in [0.4, 0.5) is 23.2 Å². The van der Waals surface area contributed by atoms with E-state index < -0.39 is 44.8 Å². The predicted molar refractivity (Wildman–Crippen MR) is 134 cm³/mol. The van der Waals surface area contributed by atoms with Crippen molar-refractivity contribution in [3.05, 3.63) is 77.4 Å². The van der Waals surface area contributed by atoms with E-state index in [1.165, 1.54) is 40.7 Å². The number of thiophene rings is 1. The van der Waals surface area contributed by atoms with Gasteiger partial charge in [0.1, 0.15) is 15.8 Å². The highest BCUT2D eigenvalue weighted by Crippen LogP contribution is 2.39. The molecule has 13 heteroatoms. The van der Waals surface area contributed by atoms with Crippen molar-refractivity contribution in [3.8, 4) is 0 Å². The molecule has 0 amide bonds. The minimum atomic E-state index is -4.87. The molecule has 4 rings (SSSR count). The molecule has 200 valence electrons. The van der Waals surface area contributed by atoms with Gasteiger partial charge in [-0.05, 0) is 59.4 Å². The van der Waals surface area contributed by atoms with Gasteiger partial charge in [0.15, 0.2) is 10.5 Å². The SMILES string of the molecule is CC(O)(c1ccc(N2CCN(S(=O)(=O)c3cccs3)C[C@@H]2C[S@+]([O-])c2cccc(F)c2)cc1)C(F)(F)F. The van der Waals surface area contributed by atoms with Crippen LogP contribution in [0.25, 0.3) is 0 Å². The molecule has 0 bridgehead atoms. The lowest BCUT2D eigenvalue weighted by atomic mass is 9.95. The monoisotopic (exact) mass is 576 g/mol. The normalized spacial score (nSPS) is 20.0. The van der Waals surface area contributed by atoms with Crippen LogP contribution in [0, 0.1) is 5.82 Å². The molecular formula is C24H24F4N2O4S3. The van der Waals surface area contributed by atoms with Gasteiger partial charge in [-0.1, -0.05) is 24.3 Å². The molecule has 0 spiro atoms. The third-order valence-electron chi connectivity index (χ3n) is 6.25. The summed E-state index contributed by atoms with van der Waals surface area (Å²) in [5.74, 6) is -0.595. The Morgan fingerprint density at radius 2 is 1.81 bits per heavy atom.